The zero-order chi connectivity index (χ0) is 15.2. The number of rotatable bonds is 5. The molecule has 1 aromatic heterocycles. The Balaban J connectivity index is 1.91. The van der Waals surface area contributed by atoms with E-state index in [-0.39, 0.29) is 5.76 Å². The van der Waals surface area contributed by atoms with Crippen molar-refractivity contribution >= 4 is 23.4 Å². The van der Waals surface area contributed by atoms with Crippen molar-refractivity contribution in [3.05, 3.63) is 47.9 Å². The summed E-state index contributed by atoms with van der Waals surface area (Å²) < 4.78 is 9.61. The lowest BCUT2D eigenvalue weighted by Crippen LogP contribution is -2.10. The van der Waals surface area contributed by atoms with Crippen molar-refractivity contribution in [2.75, 3.05) is 17.7 Å². The second kappa shape index (κ2) is 6.47. The van der Waals surface area contributed by atoms with E-state index in [1.807, 2.05) is 0 Å². The monoisotopic (exact) mass is 290 g/mol. The van der Waals surface area contributed by atoms with Gasteiger partial charge < -0.3 is 19.6 Å². The summed E-state index contributed by atoms with van der Waals surface area (Å²) >= 11 is 0. The average Bonchev–Trinajstić information content (AvgIpc) is 2.95. The number of methoxy groups -OCH3 is 1. The molecular formula is C14H14N2O5. The van der Waals surface area contributed by atoms with Crippen LogP contribution < -0.4 is 10.6 Å². The minimum atomic E-state index is -1.10. The molecule has 0 aliphatic rings. The third kappa shape index (κ3) is 4.00. The summed E-state index contributed by atoms with van der Waals surface area (Å²) in [6.45, 7) is 0.358. The van der Waals surface area contributed by atoms with Crippen LogP contribution in [0.1, 0.15) is 16.3 Å². The Morgan fingerprint density at radius 1 is 1.14 bits per heavy atom. The molecule has 1 heterocycles. The van der Waals surface area contributed by atoms with Crippen LogP contribution in [0.3, 0.4) is 0 Å². The predicted octanol–water partition coefficient (Wildman–Crippen LogP) is 2.77. The fourth-order valence-electron chi connectivity index (χ4n) is 1.62. The van der Waals surface area contributed by atoms with Crippen molar-refractivity contribution in [1.82, 2.24) is 0 Å². The Bertz CT molecular complexity index is 633. The summed E-state index contributed by atoms with van der Waals surface area (Å²) in [5.41, 5.74) is 1.41. The van der Waals surface area contributed by atoms with Gasteiger partial charge in [0, 0.05) is 11.4 Å². The van der Waals surface area contributed by atoms with Crippen molar-refractivity contribution in [3.8, 4) is 0 Å². The van der Waals surface area contributed by atoms with Crippen LogP contribution in [0.2, 0.25) is 0 Å². The molecule has 0 radical (unpaired) electrons. The van der Waals surface area contributed by atoms with Gasteiger partial charge in [-0.05, 0) is 36.4 Å². The van der Waals surface area contributed by atoms with Gasteiger partial charge >= 0.3 is 12.1 Å². The number of benzene rings is 1. The minimum Gasteiger partial charge on any atom is -0.475 e. The highest BCUT2D eigenvalue weighted by Gasteiger charge is 2.08. The fourth-order valence-corrected chi connectivity index (χ4v) is 1.62. The summed E-state index contributed by atoms with van der Waals surface area (Å²) in [4.78, 5) is 21.7. The van der Waals surface area contributed by atoms with Crippen LogP contribution in [0.25, 0.3) is 0 Å². The summed E-state index contributed by atoms with van der Waals surface area (Å²) in [5, 5.41) is 14.4. The highest BCUT2D eigenvalue weighted by molar-refractivity contribution is 5.85. The van der Waals surface area contributed by atoms with E-state index in [1.54, 1.807) is 30.3 Å². The third-order valence-corrected chi connectivity index (χ3v) is 2.66. The molecule has 21 heavy (non-hydrogen) atoms. The smallest absolute Gasteiger partial charge is 0.411 e. The van der Waals surface area contributed by atoms with E-state index in [2.05, 4.69) is 15.4 Å². The first kappa shape index (κ1) is 14.4. The molecule has 7 nitrogen and oxygen atoms in total. The average molecular weight is 290 g/mol. The maximum atomic E-state index is 11.0. The Kier molecular flexibility index (Phi) is 4.45. The van der Waals surface area contributed by atoms with Crippen LogP contribution in [-0.4, -0.2) is 24.3 Å². The van der Waals surface area contributed by atoms with Crippen LogP contribution in [0, 0.1) is 0 Å². The molecule has 0 atom stereocenters. The van der Waals surface area contributed by atoms with Gasteiger partial charge in [0.15, 0.2) is 0 Å². The topological polar surface area (TPSA) is 101 Å². The van der Waals surface area contributed by atoms with E-state index in [4.69, 9.17) is 9.52 Å². The van der Waals surface area contributed by atoms with Gasteiger partial charge in [0.25, 0.3) is 0 Å². The number of ether oxygens (including phenoxy) is 1. The summed E-state index contributed by atoms with van der Waals surface area (Å²) in [6.07, 6.45) is -0.535. The SMILES string of the molecule is COC(=O)Nc1ccc(NCc2ccc(C(=O)O)o2)cc1. The normalized spacial score (nSPS) is 9.95. The van der Waals surface area contributed by atoms with Crippen LogP contribution in [0.4, 0.5) is 16.2 Å². The van der Waals surface area contributed by atoms with Crippen molar-refractivity contribution < 1.29 is 23.8 Å². The van der Waals surface area contributed by atoms with Crippen molar-refractivity contribution in [2.24, 2.45) is 0 Å². The summed E-state index contributed by atoms with van der Waals surface area (Å²) in [6, 6.07) is 9.97. The zero-order valence-electron chi connectivity index (χ0n) is 11.3. The first-order chi connectivity index (χ1) is 10.1. The second-order valence-corrected chi connectivity index (χ2v) is 4.12. The predicted molar refractivity (Wildman–Crippen MR) is 75.5 cm³/mol. The number of aromatic carboxylic acids is 1. The Labute approximate surface area is 120 Å². The van der Waals surface area contributed by atoms with E-state index in [0.717, 1.165) is 5.69 Å². The fraction of sp³-hybridized carbons (Fsp3) is 0.143. The number of amides is 1. The van der Waals surface area contributed by atoms with Gasteiger partial charge in [-0.3, -0.25) is 5.32 Å². The van der Waals surface area contributed by atoms with Gasteiger partial charge in [-0.2, -0.15) is 0 Å². The third-order valence-electron chi connectivity index (χ3n) is 2.66. The molecule has 2 aromatic rings. The first-order valence-electron chi connectivity index (χ1n) is 6.09. The largest absolute Gasteiger partial charge is 0.475 e. The van der Waals surface area contributed by atoms with Gasteiger partial charge in [0.05, 0.1) is 13.7 Å². The maximum Gasteiger partial charge on any atom is 0.411 e. The molecule has 0 saturated heterocycles. The molecule has 0 spiro atoms. The summed E-state index contributed by atoms with van der Waals surface area (Å²) in [7, 11) is 1.29. The first-order valence-corrected chi connectivity index (χ1v) is 6.09. The lowest BCUT2D eigenvalue weighted by Gasteiger charge is -2.07. The highest BCUT2D eigenvalue weighted by atomic mass is 16.5. The van der Waals surface area contributed by atoms with Gasteiger partial charge in [-0.25, -0.2) is 9.59 Å². The number of carbonyl (C=O) groups is 2. The molecule has 7 heteroatoms. The molecular weight excluding hydrogens is 276 g/mol. The Morgan fingerprint density at radius 3 is 2.38 bits per heavy atom. The van der Waals surface area contributed by atoms with Crippen LogP contribution in [-0.2, 0) is 11.3 Å². The van der Waals surface area contributed by atoms with E-state index >= 15 is 0 Å². The van der Waals surface area contributed by atoms with E-state index in [9.17, 15) is 9.59 Å². The molecule has 0 unspecified atom stereocenters. The zero-order valence-corrected chi connectivity index (χ0v) is 11.3. The number of carboxylic acid groups (broad SMARTS) is 1. The number of furan rings is 1. The van der Waals surface area contributed by atoms with Gasteiger partial charge in [0.2, 0.25) is 5.76 Å². The highest BCUT2D eigenvalue weighted by Crippen LogP contribution is 2.15. The maximum absolute atomic E-state index is 11.0. The molecule has 0 bridgehead atoms. The molecule has 110 valence electrons. The summed E-state index contributed by atoms with van der Waals surface area (Å²) in [5.74, 6) is -0.673. The number of carboxylic acids is 1. The van der Waals surface area contributed by atoms with Gasteiger partial charge in [-0.15, -0.1) is 0 Å². The number of nitrogens with one attached hydrogen (secondary N) is 2. The Hall–Kier alpha value is -2.96. The van der Waals surface area contributed by atoms with Gasteiger partial charge in [0.1, 0.15) is 5.76 Å². The number of hydrogen-bond acceptors (Lipinski definition) is 5. The molecule has 0 fully saturated rings. The molecule has 1 aromatic carbocycles. The lowest BCUT2D eigenvalue weighted by molar-refractivity contribution is 0.0660. The minimum absolute atomic E-state index is 0.0931. The van der Waals surface area contributed by atoms with E-state index < -0.39 is 12.1 Å². The second-order valence-electron chi connectivity index (χ2n) is 4.12. The number of anilines is 2. The standard InChI is InChI=1S/C14H14N2O5/c1-20-14(19)16-10-4-2-9(3-5-10)15-8-11-6-7-12(21-11)13(17)18/h2-7,15H,8H2,1H3,(H,16,19)(H,17,18). The van der Waals surface area contributed by atoms with E-state index in [0.29, 0.717) is 18.0 Å². The van der Waals surface area contributed by atoms with Gasteiger partial charge in [-0.1, -0.05) is 0 Å². The quantitative estimate of drug-likeness (QED) is 0.782. The van der Waals surface area contributed by atoms with Crippen molar-refractivity contribution in [3.63, 3.8) is 0 Å². The molecule has 0 saturated carbocycles. The van der Waals surface area contributed by atoms with Crippen LogP contribution >= 0.6 is 0 Å². The Morgan fingerprint density at radius 2 is 1.81 bits per heavy atom. The number of hydrogen-bond donors (Lipinski definition) is 3. The molecule has 1 amide bonds. The van der Waals surface area contributed by atoms with Crippen LogP contribution in [0.15, 0.2) is 40.8 Å². The lowest BCUT2D eigenvalue weighted by atomic mass is 10.2. The van der Waals surface area contributed by atoms with E-state index in [1.165, 1.54) is 13.2 Å². The molecule has 0 aliphatic heterocycles. The van der Waals surface area contributed by atoms with Crippen LogP contribution in [0.5, 0.6) is 0 Å². The van der Waals surface area contributed by atoms with Crippen molar-refractivity contribution in [2.45, 2.75) is 6.54 Å². The molecule has 3 N–H and O–H groups in total. The van der Waals surface area contributed by atoms with Crippen molar-refractivity contribution in [1.29, 1.82) is 0 Å². The molecule has 0 aliphatic carbocycles. The number of carbonyl (C=O) groups excluding carboxylic acids is 1. The molecule has 2 rings (SSSR count).